The van der Waals surface area contributed by atoms with Crippen LogP contribution in [0.4, 0.5) is 16.2 Å². The number of carbonyl (C=O) groups excluding carboxylic acids is 1. The number of urea groups is 1. The fraction of sp³-hybridized carbons (Fsp3) is 0.222. The molecule has 0 atom stereocenters. The molecule has 2 N–H and O–H groups in total. The van der Waals surface area contributed by atoms with E-state index >= 15 is 0 Å². The van der Waals surface area contributed by atoms with Crippen molar-refractivity contribution in [2.45, 2.75) is 26.7 Å². The van der Waals surface area contributed by atoms with Crippen LogP contribution in [0.5, 0.6) is 0 Å². The van der Waals surface area contributed by atoms with E-state index in [1.54, 1.807) is 29.0 Å². The molecule has 10 nitrogen and oxygen atoms in total. The van der Waals surface area contributed by atoms with Gasteiger partial charge in [0.05, 0.1) is 46.4 Å². The summed E-state index contributed by atoms with van der Waals surface area (Å²) >= 11 is 12.3. The number of aryl methyl sites for hydroxylation is 1. The molecule has 0 bridgehead atoms. The Morgan fingerprint density at radius 3 is 2.53 bits per heavy atom. The number of nitrogens with zero attached hydrogens (tertiary/aromatic N) is 7. The van der Waals surface area contributed by atoms with Gasteiger partial charge in [0.1, 0.15) is 0 Å². The highest BCUT2D eigenvalue weighted by atomic mass is 35.5. The zero-order valence-electron chi connectivity index (χ0n) is 16.3. The molecule has 0 saturated heterocycles. The van der Waals surface area contributed by atoms with Gasteiger partial charge in [0.25, 0.3) is 0 Å². The van der Waals surface area contributed by atoms with E-state index in [4.69, 9.17) is 23.2 Å². The van der Waals surface area contributed by atoms with Crippen LogP contribution in [0.3, 0.4) is 0 Å². The summed E-state index contributed by atoms with van der Waals surface area (Å²) in [4.78, 5) is 22.4. The maximum absolute atomic E-state index is 12.6. The van der Waals surface area contributed by atoms with Crippen LogP contribution in [0.2, 0.25) is 10.2 Å². The number of halogens is 2. The van der Waals surface area contributed by atoms with Crippen molar-refractivity contribution in [1.29, 1.82) is 0 Å². The summed E-state index contributed by atoms with van der Waals surface area (Å²) in [6.45, 7) is 5.79. The SMILES string of the molecule is Cc1cnn(-c2ncc(NC(=O)Nc3cnc4cc(Cl)nn4c3C(C)C)cc2Cl)n1. The number of pyridine rings is 1. The third-order valence-electron chi connectivity index (χ3n) is 4.16. The normalized spacial score (nSPS) is 11.3. The summed E-state index contributed by atoms with van der Waals surface area (Å²) < 4.78 is 1.62. The Morgan fingerprint density at radius 1 is 1.07 bits per heavy atom. The van der Waals surface area contributed by atoms with Gasteiger partial charge in [-0.15, -0.1) is 4.80 Å². The standard InChI is InChI=1S/C18H17Cl2N9O/c1-9(2)16-13(8-21-15-5-14(20)27-28(15)16)25-18(30)24-11-4-12(19)17(22-7-11)29-23-6-10(3)26-29/h4-9H,1-3H3,(H2,24,25,30). The molecule has 0 fully saturated rings. The minimum absolute atomic E-state index is 0.0576. The van der Waals surface area contributed by atoms with Gasteiger partial charge in [-0.2, -0.15) is 15.3 Å². The van der Waals surface area contributed by atoms with E-state index in [0.29, 0.717) is 33.0 Å². The third kappa shape index (κ3) is 3.91. The van der Waals surface area contributed by atoms with Crippen molar-refractivity contribution < 1.29 is 4.79 Å². The van der Waals surface area contributed by atoms with Gasteiger partial charge in [0, 0.05) is 6.07 Å². The molecule has 0 spiro atoms. The first kappa shape index (κ1) is 20.0. The molecule has 154 valence electrons. The van der Waals surface area contributed by atoms with E-state index in [9.17, 15) is 4.79 Å². The van der Waals surface area contributed by atoms with Crippen molar-refractivity contribution in [1.82, 2.24) is 34.6 Å². The van der Waals surface area contributed by atoms with Crippen molar-refractivity contribution in [3.63, 3.8) is 0 Å². The Labute approximate surface area is 181 Å². The summed E-state index contributed by atoms with van der Waals surface area (Å²) in [6.07, 6.45) is 4.64. The van der Waals surface area contributed by atoms with E-state index in [2.05, 4.69) is 35.9 Å². The maximum atomic E-state index is 12.6. The van der Waals surface area contributed by atoms with Gasteiger partial charge in [-0.1, -0.05) is 37.0 Å². The average molecular weight is 446 g/mol. The average Bonchev–Trinajstić information content (AvgIpc) is 3.25. The van der Waals surface area contributed by atoms with Gasteiger partial charge >= 0.3 is 6.03 Å². The molecule has 4 aromatic rings. The number of aromatic nitrogens is 7. The Hall–Kier alpha value is -3.24. The van der Waals surface area contributed by atoms with Crippen LogP contribution in [0.25, 0.3) is 11.5 Å². The lowest BCUT2D eigenvalue weighted by Crippen LogP contribution is -2.22. The second-order valence-electron chi connectivity index (χ2n) is 6.83. The van der Waals surface area contributed by atoms with E-state index in [1.165, 1.54) is 11.0 Å². The number of nitrogens with one attached hydrogen (secondary N) is 2. The second-order valence-corrected chi connectivity index (χ2v) is 7.63. The minimum atomic E-state index is -0.477. The summed E-state index contributed by atoms with van der Waals surface area (Å²) in [5.41, 5.74) is 3.03. The van der Waals surface area contributed by atoms with Crippen molar-refractivity contribution in [3.05, 3.63) is 52.3 Å². The van der Waals surface area contributed by atoms with Crippen molar-refractivity contribution in [2.75, 3.05) is 10.6 Å². The van der Waals surface area contributed by atoms with Crippen molar-refractivity contribution in [2.24, 2.45) is 0 Å². The van der Waals surface area contributed by atoms with E-state index < -0.39 is 6.03 Å². The third-order valence-corrected chi connectivity index (χ3v) is 4.62. The lowest BCUT2D eigenvalue weighted by molar-refractivity contribution is 0.262. The molecule has 0 aliphatic heterocycles. The molecule has 4 heterocycles. The molecule has 0 aliphatic rings. The van der Waals surface area contributed by atoms with Gasteiger partial charge in [-0.25, -0.2) is 19.3 Å². The maximum Gasteiger partial charge on any atom is 0.323 e. The molecule has 12 heteroatoms. The first-order valence-electron chi connectivity index (χ1n) is 8.99. The number of anilines is 2. The Bertz CT molecular complexity index is 1250. The second kappa shape index (κ2) is 7.88. The van der Waals surface area contributed by atoms with Gasteiger partial charge in [-0.05, 0) is 18.9 Å². The van der Waals surface area contributed by atoms with E-state index in [0.717, 1.165) is 11.4 Å². The molecule has 4 rings (SSSR count). The quantitative estimate of drug-likeness (QED) is 0.488. The molecule has 0 radical (unpaired) electrons. The first-order chi connectivity index (χ1) is 14.3. The highest BCUT2D eigenvalue weighted by Gasteiger charge is 2.17. The van der Waals surface area contributed by atoms with E-state index in [-0.39, 0.29) is 5.92 Å². The lowest BCUT2D eigenvalue weighted by atomic mass is 10.1. The molecule has 2 amide bonds. The van der Waals surface area contributed by atoms with Gasteiger partial charge in [-0.3, -0.25) is 0 Å². The van der Waals surface area contributed by atoms with E-state index in [1.807, 2.05) is 20.8 Å². The highest BCUT2D eigenvalue weighted by Crippen LogP contribution is 2.26. The largest absolute Gasteiger partial charge is 0.323 e. The van der Waals surface area contributed by atoms with Gasteiger partial charge in [0.2, 0.25) is 0 Å². The monoisotopic (exact) mass is 445 g/mol. The van der Waals surface area contributed by atoms with Crippen LogP contribution in [0.1, 0.15) is 31.2 Å². The Balaban J connectivity index is 1.55. The predicted molar refractivity (Wildman–Crippen MR) is 114 cm³/mol. The van der Waals surface area contributed by atoms with Crippen LogP contribution in [-0.2, 0) is 0 Å². The summed E-state index contributed by atoms with van der Waals surface area (Å²) in [5.74, 6) is 0.421. The predicted octanol–water partition coefficient (Wildman–Crippen LogP) is 4.09. The number of fused-ring (bicyclic) bond motifs is 1. The number of hydrogen-bond donors (Lipinski definition) is 2. The number of carbonyl (C=O) groups is 1. The molecule has 30 heavy (non-hydrogen) atoms. The molecule has 0 aliphatic carbocycles. The molecule has 0 aromatic carbocycles. The first-order valence-corrected chi connectivity index (χ1v) is 9.74. The molecular weight excluding hydrogens is 429 g/mol. The smallest absolute Gasteiger partial charge is 0.306 e. The summed E-state index contributed by atoms with van der Waals surface area (Å²) in [7, 11) is 0. The summed E-state index contributed by atoms with van der Waals surface area (Å²) in [6, 6.07) is 2.75. The van der Waals surface area contributed by atoms with Crippen LogP contribution >= 0.6 is 23.2 Å². The van der Waals surface area contributed by atoms with Crippen LogP contribution in [0.15, 0.2) is 30.7 Å². The fourth-order valence-corrected chi connectivity index (χ4v) is 3.36. The van der Waals surface area contributed by atoms with Crippen molar-refractivity contribution >= 4 is 46.3 Å². The number of rotatable bonds is 4. The Kier molecular flexibility index (Phi) is 5.27. The van der Waals surface area contributed by atoms with Crippen LogP contribution in [-0.4, -0.2) is 40.6 Å². The Morgan fingerprint density at radius 2 is 1.87 bits per heavy atom. The zero-order chi connectivity index (χ0) is 21.4. The molecular formula is C18H17Cl2N9O. The molecule has 0 saturated carbocycles. The lowest BCUT2D eigenvalue weighted by Gasteiger charge is -2.15. The van der Waals surface area contributed by atoms with Crippen molar-refractivity contribution in [3.8, 4) is 5.82 Å². The number of amides is 2. The molecule has 0 unspecified atom stereocenters. The van der Waals surface area contributed by atoms with Gasteiger partial charge < -0.3 is 10.6 Å². The van der Waals surface area contributed by atoms with Crippen LogP contribution < -0.4 is 10.6 Å². The fourth-order valence-electron chi connectivity index (χ4n) is 2.95. The highest BCUT2D eigenvalue weighted by molar-refractivity contribution is 6.32. The molecule has 4 aromatic heterocycles. The number of hydrogen-bond acceptors (Lipinski definition) is 6. The van der Waals surface area contributed by atoms with Crippen LogP contribution in [0, 0.1) is 6.92 Å². The summed E-state index contributed by atoms with van der Waals surface area (Å²) in [5, 5.41) is 18.6. The van der Waals surface area contributed by atoms with Gasteiger partial charge in [0.15, 0.2) is 16.6 Å². The zero-order valence-corrected chi connectivity index (χ0v) is 17.8. The topological polar surface area (TPSA) is 115 Å². The minimum Gasteiger partial charge on any atom is -0.306 e.